The maximum atomic E-state index is 3.40. The van der Waals surface area contributed by atoms with E-state index in [1.54, 1.807) is 0 Å². The summed E-state index contributed by atoms with van der Waals surface area (Å²) in [6, 6.07) is 9.29. The largest absolute Gasteiger partial charge is 0.314 e. The van der Waals surface area contributed by atoms with Crippen molar-refractivity contribution in [2.75, 3.05) is 6.54 Å². The average Bonchev–Trinajstić information content (AvgIpc) is 2.25. The number of hydrogen-bond donors (Lipinski definition) is 1. The van der Waals surface area contributed by atoms with E-state index in [0.717, 1.165) is 19.4 Å². The molecule has 1 nitrogen and oxygen atoms in total. The van der Waals surface area contributed by atoms with E-state index in [2.05, 4.69) is 78.2 Å². The van der Waals surface area contributed by atoms with Crippen LogP contribution in [0, 0.1) is 3.57 Å². The third-order valence-electron chi connectivity index (χ3n) is 2.30. The van der Waals surface area contributed by atoms with E-state index in [-0.39, 0.29) is 0 Å². The smallest absolute Gasteiger partial charge is 0.0130 e. The second-order valence-corrected chi connectivity index (χ2v) is 5.45. The highest BCUT2D eigenvalue weighted by Gasteiger charge is 1.90. The first-order chi connectivity index (χ1) is 7.68. The van der Waals surface area contributed by atoms with Crippen LogP contribution >= 0.6 is 22.6 Å². The zero-order chi connectivity index (χ0) is 11.8. The van der Waals surface area contributed by atoms with Gasteiger partial charge in [0.2, 0.25) is 0 Å². The normalized spacial score (nSPS) is 11.5. The highest BCUT2D eigenvalue weighted by Crippen LogP contribution is 2.07. The molecule has 0 bridgehead atoms. The summed E-state index contributed by atoms with van der Waals surface area (Å²) in [4.78, 5) is 0. The first-order valence-corrected chi connectivity index (χ1v) is 6.89. The van der Waals surface area contributed by atoms with Crippen LogP contribution in [-0.4, -0.2) is 12.6 Å². The van der Waals surface area contributed by atoms with Crippen LogP contribution < -0.4 is 5.32 Å². The lowest BCUT2D eigenvalue weighted by Gasteiger charge is -2.04. The van der Waals surface area contributed by atoms with E-state index in [1.807, 2.05) is 0 Å². The van der Waals surface area contributed by atoms with Gasteiger partial charge in [0, 0.05) is 9.61 Å². The second-order valence-electron chi connectivity index (χ2n) is 4.20. The molecule has 0 aromatic heterocycles. The van der Waals surface area contributed by atoms with Gasteiger partial charge in [0.1, 0.15) is 0 Å². The van der Waals surface area contributed by atoms with Crippen molar-refractivity contribution >= 4 is 22.6 Å². The quantitative estimate of drug-likeness (QED) is 0.476. The molecule has 0 spiro atoms. The molecule has 1 aromatic rings. The van der Waals surface area contributed by atoms with Crippen LogP contribution in [0.15, 0.2) is 36.4 Å². The van der Waals surface area contributed by atoms with Crippen molar-refractivity contribution in [1.82, 2.24) is 5.32 Å². The molecule has 2 heteroatoms. The van der Waals surface area contributed by atoms with E-state index in [9.17, 15) is 0 Å². The molecule has 0 saturated carbocycles. The van der Waals surface area contributed by atoms with Crippen molar-refractivity contribution in [2.24, 2.45) is 0 Å². The fourth-order valence-electron chi connectivity index (χ4n) is 1.41. The van der Waals surface area contributed by atoms with Crippen LogP contribution in [0.3, 0.4) is 0 Å². The maximum absolute atomic E-state index is 3.40. The van der Waals surface area contributed by atoms with Gasteiger partial charge in [-0.3, -0.25) is 0 Å². The Labute approximate surface area is 112 Å². The molecule has 0 amide bonds. The minimum Gasteiger partial charge on any atom is -0.314 e. The fraction of sp³-hybridized carbons (Fsp3) is 0.429. The fourth-order valence-corrected chi connectivity index (χ4v) is 1.77. The van der Waals surface area contributed by atoms with Gasteiger partial charge in [0.15, 0.2) is 0 Å². The maximum Gasteiger partial charge on any atom is 0.0130 e. The molecule has 88 valence electrons. The molecular weight excluding hydrogens is 309 g/mol. The van der Waals surface area contributed by atoms with Crippen molar-refractivity contribution in [3.05, 3.63) is 45.6 Å². The van der Waals surface area contributed by atoms with Gasteiger partial charge in [-0.2, -0.15) is 0 Å². The van der Waals surface area contributed by atoms with Gasteiger partial charge < -0.3 is 5.32 Å². The standard InChI is InChI=1S/C14H20IN/c1-12(2)16-11-5-3-4-6-13-7-9-14(15)10-8-13/h3-4,7-10,12,16H,5-6,11H2,1-2H3. The van der Waals surface area contributed by atoms with Gasteiger partial charge in [0.25, 0.3) is 0 Å². The minimum absolute atomic E-state index is 0.588. The molecule has 0 heterocycles. The monoisotopic (exact) mass is 329 g/mol. The summed E-state index contributed by atoms with van der Waals surface area (Å²) in [7, 11) is 0. The molecule has 1 aromatic carbocycles. The highest BCUT2D eigenvalue weighted by molar-refractivity contribution is 14.1. The van der Waals surface area contributed by atoms with Crippen molar-refractivity contribution in [1.29, 1.82) is 0 Å². The predicted molar refractivity (Wildman–Crippen MR) is 79.8 cm³/mol. The Morgan fingerprint density at radius 1 is 1.19 bits per heavy atom. The number of allylic oxidation sites excluding steroid dienone is 1. The van der Waals surface area contributed by atoms with Gasteiger partial charge in [0.05, 0.1) is 0 Å². The summed E-state index contributed by atoms with van der Waals surface area (Å²) >= 11 is 2.33. The predicted octanol–water partition coefficient (Wildman–Crippen LogP) is 3.78. The van der Waals surface area contributed by atoms with E-state index >= 15 is 0 Å². The van der Waals surface area contributed by atoms with Gasteiger partial charge in [-0.15, -0.1) is 0 Å². The van der Waals surface area contributed by atoms with E-state index in [0.29, 0.717) is 6.04 Å². The van der Waals surface area contributed by atoms with Crippen LogP contribution in [0.4, 0.5) is 0 Å². The van der Waals surface area contributed by atoms with Crippen molar-refractivity contribution in [3.63, 3.8) is 0 Å². The molecule has 0 fully saturated rings. The molecule has 1 N–H and O–H groups in total. The highest BCUT2D eigenvalue weighted by atomic mass is 127. The van der Waals surface area contributed by atoms with Gasteiger partial charge in [-0.25, -0.2) is 0 Å². The summed E-state index contributed by atoms with van der Waals surface area (Å²) in [5, 5.41) is 3.40. The molecule has 0 unspecified atom stereocenters. The van der Waals surface area contributed by atoms with Crippen LogP contribution in [0.1, 0.15) is 25.8 Å². The second kappa shape index (κ2) is 7.85. The van der Waals surface area contributed by atoms with E-state index in [4.69, 9.17) is 0 Å². The Kier molecular flexibility index (Phi) is 6.73. The third kappa shape index (κ3) is 6.28. The summed E-state index contributed by atoms with van der Waals surface area (Å²) in [5.74, 6) is 0. The van der Waals surface area contributed by atoms with Crippen LogP contribution in [0.2, 0.25) is 0 Å². The Balaban J connectivity index is 2.19. The number of benzene rings is 1. The van der Waals surface area contributed by atoms with Gasteiger partial charge in [-0.1, -0.05) is 38.1 Å². The molecule has 0 aliphatic rings. The Morgan fingerprint density at radius 3 is 2.50 bits per heavy atom. The molecular formula is C14H20IN. The van der Waals surface area contributed by atoms with E-state index in [1.165, 1.54) is 9.13 Å². The zero-order valence-corrected chi connectivity index (χ0v) is 12.2. The van der Waals surface area contributed by atoms with Crippen molar-refractivity contribution in [2.45, 2.75) is 32.7 Å². The summed E-state index contributed by atoms with van der Waals surface area (Å²) in [6.07, 6.45) is 6.67. The summed E-state index contributed by atoms with van der Waals surface area (Å²) in [5.41, 5.74) is 1.38. The number of halogens is 1. The molecule has 0 radical (unpaired) electrons. The number of nitrogens with one attached hydrogen (secondary N) is 1. The molecule has 0 atom stereocenters. The lowest BCUT2D eigenvalue weighted by molar-refractivity contribution is 0.594. The lowest BCUT2D eigenvalue weighted by atomic mass is 10.1. The van der Waals surface area contributed by atoms with Crippen molar-refractivity contribution in [3.8, 4) is 0 Å². The lowest BCUT2D eigenvalue weighted by Crippen LogP contribution is -2.23. The molecule has 16 heavy (non-hydrogen) atoms. The van der Waals surface area contributed by atoms with Gasteiger partial charge >= 0.3 is 0 Å². The zero-order valence-electron chi connectivity index (χ0n) is 10.0. The van der Waals surface area contributed by atoms with Gasteiger partial charge in [-0.05, 0) is 59.7 Å². The molecule has 0 aliphatic heterocycles. The van der Waals surface area contributed by atoms with Crippen LogP contribution in [0.5, 0.6) is 0 Å². The average molecular weight is 329 g/mol. The van der Waals surface area contributed by atoms with Crippen molar-refractivity contribution < 1.29 is 0 Å². The Morgan fingerprint density at radius 2 is 1.88 bits per heavy atom. The summed E-state index contributed by atoms with van der Waals surface area (Å²) in [6.45, 7) is 5.42. The Hall–Kier alpha value is -0.350. The van der Waals surface area contributed by atoms with Crippen LogP contribution in [-0.2, 0) is 6.42 Å². The first-order valence-electron chi connectivity index (χ1n) is 5.81. The minimum atomic E-state index is 0.588. The van der Waals surface area contributed by atoms with Crippen LogP contribution in [0.25, 0.3) is 0 Å². The molecule has 0 saturated heterocycles. The third-order valence-corrected chi connectivity index (χ3v) is 3.02. The summed E-state index contributed by atoms with van der Waals surface area (Å²) < 4.78 is 1.30. The SMILES string of the molecule is CC(C)NCCC=CCc1ccc(I)cc1. The number of rotatable bonds is 6. The molecule has 0 aliphatic carbocycles. The Bertz CT molecular complexity index is 314. The topological polar surface area (TPSA) is 12.0 Å². The van der Waals surface area contributed by atoms with E-state index < -0.39 is 0 Å². The number of hydrogen-bond acceptors (Lipinski definition) is 1. The molecule has 1 rings (SSSR count). The first kappa shape index (κ1) is 13.7.